The second kappa shape index (κ2) is 7.86. The minimum Gasteiger partial charge on any atom is -0.349 e. The molecular formula is C21H18F3N5O2. The van der Waals surface area contributed by atoms with Gasteiger partial charge in [-0.25, -0.2) is 0 Å². The molecule has 31 heavy (non-hydrogen) atoms. The molecule has 1 aliphatic rings. The van der Waals surface area contributed by atoms with Crippen LogP contribution >= 0.6 is 0 Å². The van der Waals surface area contributed by atoms with Crippen molar-refractivity contribution in [2.24, 2.45) is 0 Å². The Balaban J connectivity index is 1.50. The Labute approximate surface area is 175 Å². The molecule has 2 amide bonds. The van der Waals surface area contributed by atoms with Crippen molar-refractivity contribution in [3.05, 3.63) is 71.3 Å². The Morgan fingerprint density at radius 1 is 1.13 bits per heavy atom. The van der Waals surface area contributed by atoms with Gasteiger partial charge < -0.3 is 10.2 Å². The van der Waals surface area contributed by atoms with E-state index in [1.807, 2.05) is 30.3 Å². The predicted octanol–water partition coefficient (Wildman–Crippen LogP) is 3.33. The standard InChI is InChI=1S/C21H18F3N5O2/c1-13(30)28-9-8-14-4-2-3-5-16(14)17(28)10-20(31)25-11-19-27-26-18-7-6-15(12-29(18)19)21(22,23)24/h2-9,12,17H,10-11H2,1H3,(H,25,31). The fourth-order valence-corrected chi connectivity index (χ4v) is 3.57. The first-order valence-corrected chi connectivity index (χ1v) is 9.47. The molecule has 0 aliphatic carbocycles. The van der Waals surface area contributed by atoms with Crippen molar-refractivity contribution >= 4 is 23.5 Å². The molecule has 0 spiro atoms. The van der Waals surface area contributed by atoms with Crippen molar-refractivity contribution in [3.63, 3.8) is 0 Å². The van der Waals surface area contributed by atoms with Gasteiger partial charge in [0.15, 0.2) is 11.5 Å². The van der Waals surface area contributed by atoms with Crippen molar-refractivity contribution in [1.29, 1.82) is 0 Å². The molecule has 1 unspecified atom stereocenters. The zero-order valence-corrected chi connectivity index (χ0v) is 16.4. The van der Waals surface area contributed by atoms with E-state index in [4.69, 9.17) is 0 Å². The van der Waals surface area contributed by atoms with Crippen LogP contribution < -0.4 is 5.32 Å². The molecule has 1 N–H and O–H groups in total. The summed E-state index contributed by atoms with van der Waals surface area (Å²) in [6.45, 7) is 1.31. The second-order valence-electron chi connectivity index (χ2n) is 7.13. The monoisotopic (exact) mass is 429 g/mol. The van der Waals surface area contributed by atoms with E-state index in [0.717, 1.165) is 23.4 Å². The van der Waals surface area contributed by atoms with Crippen LogP contribution in [0.25, 0.3) is 11.7 Å². The normalized spacial score (nSPS) is 15.7. The molecule has 3 aromatic rings. The van der Waals surface area contributed by atoms with Gasteiger partial charge in [-0.2, -0.15) is 13.2 Å². The average molecular weight is 429 g/mol. The maximum absolute atomic E-state index is 13.0. The number of carbonyl (C=O) groups excluding carboxylic acids is 2. The number of alkyl halides is 3. The molecule has 160 valence electrons. The van der Waals surface area contributed by atoms with Crippen molar-refractivity contribution < 1.29 is 22.8 Å². The van der Waals surface area contributed by atoms with E-state index in [2.05, 4.69) is 15.5 Å². The molecule has 0 radical (unpaired) electrons. The van der Waals surface area contributed by atoms with Crippen LogP contribution in [0, 0.1) is 0 Å². The van der Waals surface area contributed by atoms with Crippen LogP contribution in [0.1, 0.15) is 41.9 Å². The third-order valence-electron chi connectivity index (χ3n) is 5.09. The maximum atomic E-state index is 13.0. The number of amides is 2. The first kappa shape index (κ1) is 20.6. The van der Waals surface area contributed by atoms with Gasteiger partial charge >= 0.3 is 6.18 Å². The predicted molar refractivity (Wildman–Crippen MR) is 105 cm³/mol. The highest BCUT2D eigenvalue weighted by Crippen LogP contribution is 2.33. The summed E-state index contributed by atoms with van der Waals surface area (Å²) in [4.78, 5) is 26.2. The van der Waals surface area contributed by atoms with Gasteiger partial charge in [0.25, 0.3) is 0 Å². The number of pyridine rings is 1. The smallest absolute Gasteiger partial charge is 0.349 e. The fraction of sp³-hybridized carbons (Fsp3) is 0.238. The Bertz CT molecular complexity index is 1190. The summed E-state index contributed by atoms with van der Waals surface area (Å²) < 4.78 is 40.2. The topological polar surface area (TPSA) is 79.6 Å². The van der Waals surface area contributed by atoms with Gasteiger partial charge in [0.05, 0.1) is 24.6 Å². The van der Waals surface area contributed by atoms with Gasteiger partial charge in [-0.05, 0) is 29.3 Å². The second-order valence-corrected chi connectivity index (χ2v) is 7.13. The van der Waals surface area contributed by atoms with Crippen molar-refractivity contribution in [1.82, 2.24) is 24.8 Å². The Hall–Kier alpha value is -3.69. The molecule has 0 bridgehead atoms. The number of fused-ring (bicyclic) bond motifs is 2. The fourth-order valence-electron chi connectivity index (χ4n) is 3.57. The number of hydrogen-bond acceptors (Lipinski definition) is 4. The van der Waals surface area contributed by atoms with Crippen LogP contribution in [0.5, 0.6) is 0 Å². The molecule has 2 aromatic heterocycles. The highest BCUT2D eigenvalue weighted by Gasteiger charge is 2.31. The molecule has 0 saturated heterocycles. The number of aromatic nitrogens is 3. The Kier molecular flexibility index (Phi) is 5.22. The first-order valence-electron chi connectivity index (χ1n) is 9.47. The zero-order chi connectivity index (χ0) is 22.2. The first-order chi connectivity index (χ1) is 14.7. The molecule has 1 aliphatic heterocycles. The SMILES string of the molecule is CC(=O)N1C=Cc2ccccc2C1CC(=O)NCc1nnc2ccc(C(F)(F)F)cn12. The van der Waals surface area contributed by atoms with Crippen LogP contribution in [-0.2, 0) is 22.3 Å². The van der Waals surface area contributed by atoms with Crippen molar-refractivity contribution in [3.8, 4) is 0 Å². The van der Waals surface area contributed by atoms with Crippen LogP contribution in [0.2, 0.25) is 0 Å². The third kappa shape index (κ3) is 4.14. The van der Waals surface area contributed by atoms with E-state index in [0.29, 0.717) is 0 Å². The van der Waals surface area contributed by atoms with E-state index >= 15 is 0 Å². The summed E-state index contributed by atoms with van der Waals surface area (Å²) in [5, 5.41) is 10.4. The largest absolute Gasteiger partial charge is 0.417 e. The Morgan fingerprint density at radius 3 is 2.65 bits per heavy atom. The van der Waals surface area contributed by atoms with Crippen LogP contribution in [0.4, 0.5) is 13.2 Å². The number of nitrogens with one attached hydrogen (secondary N) is 1. The van der Waals surface area contributed by atoms with E-state index in [1.165, 1.54) is 22.3 Å². The Morgan fingerprint density at radius 2 is 1.90 bits per heavy atom. The lowest BCUT2D eigenvalue weighted by Crippen LogP contribution is -2.35. The lowest BCUT2D eigenvalue weighted by Gasteiger charge is -2.32. The summed E-state index contributed by atoms with van der Waals surface area (Å²) in [6, 6.07) is 9.13. The molecule has 4 rings (SSSR count). The van der Waals surface area contributed by atoms with Gasteiger partial charge in [-0.15, -0.1) is 10.2 Å². The number of carbonyl (C=O) groups is 2. The van der Waals surface area contributed by atoms with E-state index in [9.17, 15) is 22.8 Å². The molecule has 10 heteroatoms. The number of hydrogen-bond donors (Lipinski definition) is 1. The summed E-state index contributed by atoms with van der Waals surface area (Å²) in [5.74, 6) is -0.404. The van der Waals surface area contributed by atoms with Crippen LogP contribution in [0.15, 0.2) is 48.8 Å². The zero-order valence-electron chi connectivity index (χ0n) is 16.4. The van der Waals surface area contributed by atoms with Crippen LogP contribution in [-0.4, -0.2) is 31.3 Å². The molecule has 7 nitrogen and oxygen atoms in total. The molecule has 0 fully saturated rings. The van der Waals surface area contributed by atoms with E-state index in [-0.39, 0.29) is 36.3 Å². The maximum Gasteiger partial charge on any atom is 0.417 e. The lowest BCUT2D eigenvalue weighted by molar-refractivity contribution is -0.138. The number of nitrogens with zero attached hydrogens (tertiary/aromatic N) is 4. The van der Waals surface area contributed by atoms with Crippen molar-refractivity contribution in [2.75, 3.05) is 0 Å². The van der Waals surface area contributed by atoms with Crippen LogP contribution in [0.3, 0.4) is 0 Å². The summed E-state index contributed by atoms with van der Waals surface area (Å²) in [7, 11) is 0. The van der Waals surface area contributed by atoms with Crippen molar-refractivity contribution in [2.45, 2.75) is 32.1 Å². The van der Waals surface area contributed by atoms with Gasteiger partial charge in [0.2, 0.25) is 11.8 Å². The van der Waals surface area contributed by atoms with Gasteiger partial charge in [0.1, 0.15) is 0 Å². The minimum atomic E-state index is -4.50. The number of rotatable bonds is 4. The molecule has 3 heterocycles. The van der Waals surface area contributed by atoms with E-state index < -0.39 is 17.8 Å². The van der Waals surface area contributed by atoms with E-state index in [1.54, 1.807) is 6.20 Å². The van der Waals surface area contributed by atoms with Gasteiger partial charge in [0, 0.05) is 19.3 Å². The highest BCUT2D eigenvalue weighted by atomic mass is 19.4. The lowest BCUT2D eigenvalue weighted by atomic mass is 9.93. The van der Waals surface area contributed by atoms with Gasteiger partial charge in [-0.3, -0.25) is 14.0 Å². The molecule has 1 atom stereocenters. The minimum absolute atomic E-state index is 0.00846. The molecule has 1 aromatic carbocycles. The summed E-state index contributed by atoms with van der Waals surface area (Å²) >= 11 is 0. The average Bonchev–Trinajstić information content (AvgIpc) is 3.14. The molecule has 0 saturated carbocycles. The molecular weight excluding hydrogens is 411 g/mol. The third-order valence-corrected chi connectivity index (χ3v) is 5.09. The van der Waals surface area contributed by atoms with Gasteiger partial charge in [-0.1, -0.05) is 24.3 Å². The highest BCUT2D eigenvalue weighted by molar-refractivity contribution is 5.81. The quantitative estimate of drug-likeness (QED) is 0.690. The number of benzene rings is 1. The number of halogens is 3. The summed E-state index contributed by atoms with van der Waals surface area (Å²) in [6.07, 6.45) is -0.155. The summed E-state index contributed by atoms with van der Waals surface area (Å²) in [5.41, 5.74) is 1.17.